The van der Waals surface area contributed by atoms with Gasteiger partial charge in [-0.2, -0.15) is 0 Å². The van der Waals surface area contributed by atoms with Gasteiger partial charge in [-0.05, 0) is 28.0 Å². The number of furan rings is 2. The van der Waals surface area contributed by atoms with Crippen molar-refractivity contribution in [1.82, 2.24) is 0 Å². The minimum absolute atomic E-state index is 0. The molecule has 0 fully saturated rings. The van der Waals surface area contributed by atoms with Crippen LogP contribution in [0, 0.1) is 24.7 Å². The van der Waals surface area contributed by atoms with Crippen molar-refractivity contribution in [2.75, 3.05) is 39.0 Å². The van der Waals surface area contributed by atoms with Crippen LogP contribution in [0.1, 0.15) is 11.1 Å². The minimum Gasteiger partial charge on any atom is -0.458 e. The van der Waals surface area contributed by atoms with Crippen LogP contribution in [0.3, 0.4) is 0 Å². The average Bonchev–Trinajstić information content (AvgIpc) is 3.49. The minimum atomic E-state index is 0. The topological polar surface area (TPSA) is 26.3 Å². The summed E-state index contributed by atoms with van der Waals surface area (Å²) in [6.45, 7) is 9.59. The average molecular weight is 929 g/mol. The predicted molar refractivity (Wildman–Crippen MR) is 170 cm³/mol. The van der Waals surface area contributed by atoms with E-state index in [1.165, 1.54) is 12.3 Å². The van der Waals surface area contributed by atoms with Crippen LogP contribution in [0.15, 0.2) is 93.8 Å². The second-order valence-electron chi connectivity index (χ2n) is 9.78. The molecule has 6 heteroatoms. The van der Waals surface area contributed by atoms with E-state index in [1.54, 1.807) is 0 Å². The molecule has 6 rings (SSSR count). The molecule has 2 aromatic heterocycles. The van der Waals surface area contributed by atoms with Gasteiger partial charge in [0.25, 0.3) is 0 Å². The van der Waals surface area contributed by atoms with E-state index in [4.69, 9.17) is 21.7 Å². The summed E-state index contributed by atoms with van der Waals surface area (Å²) in [5.41, 5.74) is 4.87. The first-order chi connectivity index (χ1) is 18.4. The van der Waals surface area contributed by atoms with E-state index in [-0.39, 0.29) is 60.6 Å². The van der Waals surface area contributed by atoms with Gasteiger partial charge in [-0.1, -0.05) is 60.7 Å². The monoisotopic (exact) mass is 928 g/mol. The Hall–Kier alpha value is -2.06. The largest absolute Gasteiger partial charge is 1.00 e. The van der Waals surface area contributed by atoms with Crippen LogP contribution >= 0.6 is 15.8 Å². The first-order valence-corrected chi connectivity index (χ1v) is 18.1. The molecule has 0 unspecified atom stereocenters. The number of rotatable bonds is 3. The summed E-state index contributed by atoms with van der Waals surface area (Å²) in [6.07, 6.45) is 17.2. The quantitative estimate of drug-likeness (QED) is 0.0768. The van der Waals surface area contributed by atoms with Crippen LogP contribution in [0.4, 0.5) is 0 Å². The molecule has 0 saturated carbocycles. The smallest absolute Gasteiger partial charge is 0.458 e. The Morgan fingerprint density at radius 2 is 0.875 bits per heavy atom. The van der Waals surface area contributed by atoms with E-state index < -0.39 is 0 Å². The molecule has 6 aromatic rings. The summed E-state index contributed by atoms with van der Waals surface area (Å²) in [6, 6.07) is 27.2. The van der Waals surface area contributed by atoms with Crippen LogP contribution in [-0.2, 0) is 44.8 Å². The van der Waals surface area contributed by atoms with Gasteiger partial charge in [0.2, 0.25) is 0 Å². The molecule has 0 spiro atoms. The molecule has 0 N–H and O–H groups in total. The van der Waals surface area contributed by atoms with Gasteiger partial charge >= 0.3 is 44.8 Å². The molecule has 2 nitrogen and oxygen atoms in total. The third-order valence-corrected chi connectivity index (χ3v) is 9.17. The standard InChI is InChI=1S/2C14H7O.C6H16P2.2Au/c2*1-2-10-7-8-12-11-5-3-4-6-13(11)15-14(12)9-10;1-7(2)5-6-8(3)4;;/h2*3-9H;5-6H2,1-4H3;;/q2*-1;;2*+1/p+2. The van der Waals surface area contributed by atoms with Crippen LogP contribution in [-0.4, -0.2) is 39.0 Å². The zero-order chi connectivity index (χ0) is 27.1. The maximum Gasteiger partial charge on any atom is 1.00 e. The van der Waals surface area contributed by atoms with Gasteiger partial charge in [0.1, 0.15) is 22.3 Å². The molecule has 0 aliphatic rings. The van der Waals surface area contributed by atoms with Crippen molar-refractivity contribution in [3.63, 3.8) is 0 Å². The second-order valence-corrected chi connectivity index (χ2v) is 15.6. The Kier molecular flexibility index (Phi) is 14.0. The number of hydrogen-bond acceptors (Lipinski definition) is 2. The molecule has 2 heterocycles. The summed E-state index contributed by atoms with van der Waals surface area (Å²) in [7, 11) is 0.191. The summed E-state index contributed by atoms with van der Waals surface area (Å²) < 4.78 is 11.3. The van der Waals surface area contributed by atoms with Crippen molar-refractivity contribution in [1.29, 1.82) is 0 Å². The van der Waals surface area contributed by atoms with Crippen molar-refractivity contribution in [2.24, 2.45) is 0 Å². The molecular weight excluding hydrogens is 896 g/mol. The van der Waals surface area contributed by atoms with E-state index in [0.717, 1.165) is 55.0 Å². The molecule has 0 bridgehead atoms. The Balaban J connectivity index is 0.000000216. The maximum atomic E-state index is 7.06. The normalized spacial score (nSPS) is 10.2. The van der Waals surface area contributed by atoms with E-state index in [0.29, 0.717) is 0 Å². The molecule has 0 saturated heterocycles. The zero-order valence-electron chi connectivity index (χ0n) is 22.9. The summed E-state index contributed by atoms with van der Waals surface area (Å²) in [5, 5.41) is 4.40. The van der Waals surface area contributed by atoms with Crippen LogP contribution < -0.4 is 0 Å². The Labute approximate surface area is 271 Å². The molecule has 210 valence electrons. The first-order valence-electron chi connectivity index (χ1n) is 12.7. The number of para-hydroxylation sites is 2. The van der Waals surface area contributed by atoms with Crippen LogP contribution in [0.2, 0.25) is 0 Å². The molecule has 0 aliphatic carbocycles. The first kappa shape index (κ1) is 34.1. The third kappa shape index (κ3) is 8.72. The SMILES string of the molecule is C[PH+](C)CC[PH+](C)C.[Au+].[Au+].[C-]#Cc1ccc2c(c1)oc1ccccc12.[C-]#Cc1ccc2c(c1)oc1ccccc12. The van der Waals surface area contributed by atoms with Gasteiger partial charge in [-0.25, -0.2) is 0 Å². The van der Waals surface area contributed by atoms with Crippen molar-refractivity contribution in [2.45, 2.75) is 0 Å². The van der Waals surface area contributed by atoms with Gasteiger partial charge in [-0.3, -0.25) is 11.8 Å². The molecule has 0 aliphatic heterocycles. The predicted octanol–water partition coefficient (Wildman–Crippen LogP) is 8.98. The Bertz CT molecular complexity index is 1640. The number of fused-ring (bicyclic) bond motifs is 6. The molecule has 4 aromatic carbocycles. The van der Waals surface area contributed by atoms with Gasteiger partial charge in [0.15, 0.2) is 0 Å². The van der Waals surface area contributed by atoms with Crippen molar-refractivity contribution in [3.8, 4) is 11.8 Å². The molecule has 0 radical (unpaired) electrons. The molecule has 0 atom stereocenters. The molecular formula is C34H32Au2O2P2+2. The third-order valence-electron chi connectivity index (χ3n) is 6.17. The fourth-order valence-corrected chi connectivity index (χ4v) is 8.11. The molecule has 0 amide bonds. The van der Waals surface area contributed by atoms with Crippen molar-refractivity contribution >= 4 is 59.7 Å². The Morgan fingerprint density at radius 3 is 1.23 bits per heavy atom. The van der Waals surface area contributed by atoms with Gasteiger partial charge in [-0.15, -0.1) is 23.3 Å². The second kappa shape index (κ2) is 16.4. The van der Waals surface area contributed by atoms with Gasteiger partial charge in [0.05, 0.1) is 12.3 Å². The number of benzene rings is 4. The van der Waals surface area contributed by atoms with E-state index in [1.807, 2.05) is 84.9 Å². The fourth-order valence-electron chi connectivity index (χ4n) is 4.11. The number of hydrogen-bond donors (Lipinski definition) is 0. The maximum absolute atomic E-state index is 7.06. The zero-order valence-corrected chi connectivity index (χ0v) is 29.2. The van der Waals surface area contributed by atoms with Gasteiger partial charge in [0, 0.05) is 48.2 Å². The van der Waals surface area contributed by atoms with Gasteiger partial charge < -0.3 is 21.7 Å². The fraction of sp³-hybridized carbons (Fsp3) is 0.176. The van der Waals surface area contributed by atoms with E-state index in [2.05, 4.69) is 38.5 Å². The summed E-state index contributed by atoms with van der Waals surface area (Å²) >= 11 is 0. The summed E-state index contributed by atoms with van der Waals surface area (Å²) in [4.78, 5) is 0. The van der Waals surface area contributed by atoms with E-state index >= 15 is 0 Å². The van der Waals surface area contributed by atoms with Crippen molar-refractivity contribution in [3.05, 3.63) is 109 Å². The molecule has 40 heavy (non-hydrogen) atoms. The van der Waals surface area contributed by atoms with E-state index in [9.17, 15) is 0 Å². The van der Waals surface area contributed by atoms with Crippen molar-refractivity contribution < 1.29 is 53.6 Å². The Morgan fingerprint density at radius 1 is 0.525 bits per heavy atom. The van der Waals surface area contributed by atoms with Crippen LogP contribution in [0.25, 0.3) is 43.9 Å². The summed E-state index contributed by atoms with van der Waals surface area (Å²) in [5.74, 6) is 4.71. The van der Waals surface area contributed by atoms with Crippen LogP contribution in [0.5, 0.6) is 0 Å².